The van der Waals surface area contributed by atoms with Gasteiger partial charge in [0.1, 0.15) is 5.82 Å². The van der Waals surface area contributed by atoms with E-state index in [-0.39, 0.29) is 11.6 Å². The number of benzene rings is 2. The Morgan fingerprint density at radius 1 is 1.26 bits per heavy atom. The fourth-order valence-electron chi connectivity index (χ4n) is 1.50. The number of hydrogen-bond donors (Lipinski definition) is 2. The lowest BCUT2D eigenvalue weighted by molar-refractivity contribution is 0.102. The summed E-state index contributed by atoms with van der Waals surface area (Å²) in [4.78, 5) is 12.1. The van der Waals surface area contributed by atoms with Gasteiger partial charge in [0.25, 0.3) is 5.91 Å². The van der Waals surface area contributed by atoms with Crippen molar-refractivity contribution in [1.29, 1.82) is 0 Å². The Bertz CT molecular complexity index is 649. The zero-order valence-corrected chi connectivity index (χ0v) is 13.3. The number of anilines is 2. The molecule has 0 radical (unpaired) electrons. The van der Waals surface area contributed by atoms with Crippen LogP contribution in [0.2, 0.25) is 0 Å². The Labute approximate surface area is 131 Å². The molecule has 0 unspecified atom stereocenters. The summed E-state index contributed by atoms with van der Waals surface area (Å²) < 4.78 is 14.7. The minimum atomic E-state index is -0.453. The molecular weight excluding hydrogens is 426 g/mol. The van der Waals surface area contributed by atoms with Crippen molar-refractivity contribution in [3.05, 3.63) is 55.8 Å². The Hall–Kier alpha value is -1.15. The fraction of sp³-hybridized carbons (Fsp3) is 0. The highest BCUT2D eigenvalue weighted by molar-refractivity contribution is 14.1. The second-order valence-corrected chi connectivity index (χ2v) is 5.91. The van der Waals surface area contributed by atoms with E-state index in [4.69, 9.17) is 5.73 Å². The van der Waals surface area contributed by atoms with Gasteiger partial charge in [-0.2, -0.15) is 0 Å². The minimum Gasteiger partial charge on any atom is -0.397 e. The molecule has 0 bridgehead atoms. The third-order valence-corrected chi connectivity index (χ3v) is 3.80. The van der Waals surface area contributed by atoms with Crippen molar-refractivity contribution in [3.63, 3.8) is 0 Å². The van der Waals surface area contributed by atoms with Gasteiger partial charge in [0.2, 0.25) is 0 Å². The van der Waals surface area contributed by atoms with Gasteiger partial charge < -0.3 is 11.1 Å². The molecule has 0 aliphatic heterocycles. The van der Waals surface area contributed by atoms with Crippen LogP contribution < -0.4 is 11.1 Å². The van der Waals surface area contributed by atoms with Crippen LogP contribution in [0.25, 0.3) is 0 Å². The first-order valence-corrected chi connectivity index (χ1v) is 7.16. The number of amides is 1. The lowest BCUT2D eigenvalue weighted by Crippen LogP contribution is -2.14. The van der Waals surface area contributed by atoms with Crippen LogP contribution in [0.1, 0.15) is 10.4 Å². The van der Waals surface area contributed by atoms with E-state index in [0.717, 1.165) is 3.57 Å². The summed E-state index contributed by atoms with van der Waals surface area (Å²) in [5, 5.41) is 2.60. The van der Waals surface area contributed by atoms with Crippen LogP contribution in [0.4, 0.5) is 15.8 Å². The molecule has 0 saturated carbocycles. The average molecular weight is 435 g/mol. The number of nitrogens with two attached hydrogens (primary N) is 1. The van der Waals surface area contributed by atoms with Gasteiger partial charge in [-0.1, -0.05) is 0 Å². The normalized spacial score (nSPS) is 10.3. The zero-order valence-electron chi connectivity index (χ0n) is 9.58. The van der Waals surface area contributed by atoms with Gasteiger partial charge in [-0.15, -0.1) is 0 Å². The van der Waals surface area contributed by atoms with Gasteiger partial charge in [0, 0.05) is 8.04 Å². The number of carbonyl (C=O) groups excluding carboxylic acids is 1. The minimum absolute atomic E-state index is 0.260. The standard InChI is InChI=1S/C13H9BrFIN2O/c14-10-3-2-8(16)6-9(10)13(19)18-12-5-7(15)1-4-11(12)17/h1-6H,17H2,(H,18,19). The summed E-state index contributed by atoms with van der Waals surface area (Å²) in [6, 6.07) is 9.23. The van der Waals surface area contributed by atoms with E-state index in [0.29, 0.717) is 15.7 Å². The van der Waals surface area contributed by atoms with E-state index in [9.17, 15) is 9.18 Å². The van der Waals surface area contributed by atoms with E-state index < -0.39 is 5.82 Å². The predicted molar refractivity (Wildman–Crippen MR) is 85.6 cm³/mol. The lowest BCUT2D eigenvalue weighted by atomic mass is 10.2. The molecule has 3 nitrogen and oxygen atoms in total. The third kappa shape index (κ3) is 3.44. The van der Waals surface area contributed by atoms with Crippen molar-refractivity contribution >= 4 is 55.8 Å². The monoisotopic (exact) mass is 434 g/mol. The maximum atomic E-state index is 13.1. The number of halogens is 3. The first kappa shape index (κ1) is 14.3. The van der Waals surface area contributed by atoms with E-state index in [1.807, 2.05) is 6.07 Å². The summed E-state index contributed by atoms with van der Waals surface area (Å²) in [6.07, 6.45) is 0. The Balaban J connectivity index is 2.30. The van der Waals surface area contributed by atoms with Crippen LogP contribution in [0, 0.1) is 9.39 Å². The highest BCUT2D eigenvalue weighted by Crippen LogP contribution is 2.23. The molecule has 2 rings (SSSR count). The number of nitrogen functional groups attached to an aromatic ring is 1. The third-order valence-electron chi connectivity index (χ3n) is 2.44. The van der Waals surface area contributed by atoms with E-state index >= 15 is 0 Å². The van der Waals surface area contributed by atoms with Crippen molar-refractivity contribution in [2.45, 2.75) is 0 Å². The van der Waals surface area contributed by atoms with Crippen LogP contribution in [0.5, 0.6) is 0 Å². The predicted octanol–water partition coefficient (Wildman–Crippen LogP) is 4.03. The maximum Gasteiger partial charge on any atom is 0.256 e. The van der Waals surface area contributed by atoms with Gasteiger partial charge in [0.05, 0.1) is 16.9 Å². The van der Waals surface area contributed by atoms with Gasteiger partial charge in [-0.3, -0.25) is 4.79 Å². The van der Waals surface area contributed by atoms with Gasteiger partial charge in [-0.25, -0.2) is 4.39 Å². The van der Waals surface area contributed by atoms with Crippen LogP contribution >= 0.6 is 38.5 Å². The molecule has 0 aliphatic carbocycles. The summed E-state index contributed by atoms with van der Waals surface area (Å²) in [5.41, 5.74) is 6.73. The lowest BCUT2D eigenvalue weighted by Gasteiger charge is -2.09. The molecule has 0 fully saturated rings. The molecule has 3 N–H and O–H groups in total. The average Bonchev–Trinajstić information content (AvgIpc) is 2.36. The maximum absolute atomic E-state index is 13.1. The SMILES string of the molecule is Nc1ccc(F)cc1NC(=O)c1cc(I)ccc1Br. The second kappa shape index (κ2) is 5.87. The van der Waals surface area contributed by atoms with Crippen molar-refractivity contribution in [2.75, 3.05) is 11.1 Å². The fourth-order valence-corrected chi connectivity index (χ4v) is 2.42. The smallest absolute Gasteiger partial charge is 0.256 e. The highest BCUT2D eigenvalue weighted by atomic mass is 127. The van der Waals surface area contributed by atoms with Gasteiger partial charge in [0.15, 0.2) is 0 Å². The molecule has 0 saturated heterocycles. The topological polar surface area (TPSA) is 55.1 Å². The van der Waals surface area contributed by atoms with E-state index in [2.05, 4.69) is 43.8 Å². The zero-order chi connectivity index (χ0) is 14.0. The van der Waals surface area contributed by atoms with Crippen LogP contribution in [-0.4, -0.2) is 5.91 Å². The van der Waals surface area contributed by atoms with Crippen molar-refractivity contribution in [3.8, 4) is 0 Å². The number of hydrogen-bond acceptors (Lipinski definition) is 2. The quantitative estimate of drug-likeness (QED) is 0.553. The highest BCUT2D eigenvalue weighted by Gasteiger charge is 2.12. The molecule has 0 aromatic heterocycles. The molecule has 6 heteroatoms. The summed E-state index contributed by atoms with van der Waals surface area (Å²) in [6.45, 7) is 0. The number of nitrogens with one attached hydrogen (secondary N) is 1. The summed E-state index contributed by atoms with van der Waals surface area (Å²) in [7, 11) is 0. The van der Waals surface area contributed by atoms with Gasteiger partial charge >= 0.3 is 0 Å². The Morgan fingerprint density at radius 2 is 2.00 bits per heavy atom. The summed E-state index contributed by atoms with van der Waals surface area (Å²) >= 11 is 5.42. The van der Waals surface area contributed by atoms with Crippen LogP contribution in [0.15, 0.2) is 40.9 Å². The Morgan fingerprint density at radius 3 is 2.74 bits per heavy atom. The van der Waals surface area contributed by atoms with E-state index in [1.54, 1.807) is 12.1 Å². The van der Waals surface area contributed by atoms with Crippen molar-refractivity contribution in [1.82, 2.24) is 0 Å². The second-order valence-electron chi connectivity index (χ2n) is 3.81. The largest absolute Gasteiger partial charge is 0.397 e. The van der Waals surface area contributed by atoms with Crippen LogP contribution in [-0.2, 0) is 0 Å². The first-order chi connectivity index (χ1) is 8.97. The molecule has 0 heterocycles. The van der Waals surface area contributed by atoms with Crippen molar-refractivity contribution < 1.29 is 9.18 Å². The molecule has 1 amide bonds. The van der Waals surface area contributed by atoms with Crippen LogP contribution in [0.3, 0.4) is 0 Å². The molecule has 0 atom stereocenters. The molecule has 98 valence electrons. The van der Waals surface area contributed by atoms with Crippen molar-refractivity contribution in [2.24, 2.45) is 0 Å². The molecule has 2 aromatic rings. The number of rotatable bonds is 2. The van der Waals surface area contributed by atoms with Gasteiger partial charge in [-0.05, 0) is 74.9 Å². The molecule has 0 aliphatic rings. The Kier molecular flexibility index (Phi) is 4.41. The molecular formula is C13H9BrFIN2O. The van der Waals surface area contributed by atoms with E-state index in [1.165, 1.54) is 18.2 Å². The number of carbonyl (C=O) groups is 1. The molecule has 2 aromatic carbocycles. The molecule has 19 heavy (non-hydrogen) atoms. The first-order valence-electron chi connectivity index (χ1n) is 5.29. The summed E-state index contributed by atoms with van der Waals surface area (Å²) in [5.74, 6) is -0.797. The molecule has 0 spiro atoms.